The molecule has 0 N–H and O–H groups in total. The van der Waals surface area contributed by atoms with Crippen LogP contribution in [0.4, 0.5) is 0 Å². The fraction of sp³-hybridized carbons (Fsp3) is 0.667. The van der Waals surface area contributed by atoms with Crippen molar-refractivity contribution in [2.45, 2.75) is 17.4 Å². The minimum atomic E-state index is -3.59. The van der Waals surface area contributed by atoms with E-state index in [0.717, 1.165) is 50.8 Å². The number of sulfonamides is 1. The first-order valence-corrected chi connectivity index (χ1v) is 12.0. The Morgan fingerprint density at radius 3 is 2.63 bits per heavy atom. The first kappa shape index (κ1) is 19.3. The van der Waals surface area contributed by atoms with Crippen molar-refractivity contribution >= 4 is 21.8 Å². The molecule has 0 amide bonds. The third-order valence-electron chi connectivity index (χ3n) is 5.08. The normalized spacial score (nSPS) is 25.1. The number of fused-ring (bicyclic) bond motifs is 1. The highest BCUT2D eigenvalue weighted by molar-refractivity contribution is 7.99. The molecule has 0 aliphatic carbocycles. The molecule has 0 radical (unpaired) electrons. The van der Waals surface area contributed by atoms with E-state index in [-0.39, 0.29) is 10.9 Å². The molecule has 0 bridgehead atoms. The van der Waals surface area contributed by atoms with Gasteiger partial charge in [-0.1, -0.05) is 0 Å². The van der Waals surface area contributed by atoms with E-state index in [4.69, 9.17) is 14.2 Å². The van der Waals surface area contributed by atoms with Crippen LogP contribution >= 0.6 is 11.8 Å². The number of thioether (sulfide) groups is 1. The SMILES string of the molecule is O=S(=O)(c1ccc2c(c1)OCCO2)N1CCCSCC1CN1CCOCC1. The summed E-state index contributed by atoms with van der Waals surface area (Å²) in [6.07, 6.45) is 0.869. The Bertz CT molecular complexity index is 752. The van der Waals surface area contributed by atoms with Crippen LogP contribution < -0.4 is 9.47 Å². The maximum atomic E-state index is 13.5. The average molecular weight is 415 g/mol. The molecule has 4 rings (SSSR count). The van der Waals surface area contributed by atoms with Crippen molar-refractivity contribution in [3.8, 4) is 11.5 Å². The van der Waals surface area contributed by atoms with Crippen LogP contribution in [0.5, 0.6) is 11.5 Å². The summed E-state index contributed by atoms with van der Waals surface area (Å²) in [6.45, 7) is 5.39. The van der Waals surface area contributed by atoms with Gasteiger partial charge < -0.3 is 14.2 Å². The molecule has 3 heterocycles. The van der Waals surface area contributed by atoms with E-state index in [0.29, 0.717) is 31.3 Å². The average Bonchev–Trinajstić information content (AvgIpc) is 2.94. The topological polar surface area (TPSA) is 68.3 Å². The van der Waals surface area contributed by atoms with Crippen LogP contribution in [0.2, 0.25) is 0 Å². The minimum Gasteiger partial charge on any atom is -0.486 e. The first-order valence-electron chi connectivity index (χ1n) is 9.44. The van der Waals surface area contributed by atoms with E-state index < -0.39 is 10.0 Å². The zero-order valence-electron chi connectivity index (χ0n) is 15.3. The molecule has 150 valence electrons. The zero-order chi connectivity index (χ0) is 18.7. The maximum Gasteiger partial charge on any atom is 0.243 e. The highest BCUT2D eigenvalue weighted by Gasteiger charge is 2.34. The van der Waals surface area contributed by atoms with Gasteiger partial charge in [-0.15, -0.1) is 0 Å². The summed E-state index contributed by atoms with van der Waals surface area (Å²) < 4.78 is 45.1. The highest BCUT2D eigenvalue weighted by Crippen LogP contribution is 2.34. The Balaban J connectivity index is 1.58. The van der Waals surface area contributed by atoms with Crippen LogP contribution in [-0.2, 0) is 14.8 Å². The van der Waals surface area contributed by atoms with Crippen LogP contribution in [0.3, 0.4) is 0 Å². The monoisotopic (exact) mass is 414 g/mol. The van der Waals surface area contributed by atoms with Gasteiger partial charge >= 0.3 is 0 Å². The Labute approximate surface area is 165 Å². The molecule has 0 aromatic heterocycles. The predicted molar refractivity (Wildman–Crippen MR) is 104 cm³/mol. The van der Waals surface area contributed by atoms with Gasteiger partial charge in [-0.3, -0.25) is 4.90 Å². The van der Waals surface area contributed by atoms with Crippen LogP contribution in [0, 0.1) is 0 Å². The second-order valence-electron chi connectivity index (χ2n) is 6.92. The smallest absolute Gasteiger partial charge is 0.243 e. The highest BCUT2D eigenvalue weighted by atomic mass is 32.2. The van der Waals surface area contributed by atoms with E-state index in [2.05, 4.69) is 4.90 Å². The lowest BCUT2D eigenvalue weighted by atomic mass is 10.2. The Kier molecular flexibility index (Phi) is 6.13. The van der Waals surface area contributed by atoms with Crippen LogP contribution in [0.25, 0.3) is 0 Å². The Hall–Kier alpha value is -1.00. The van der Waals surface area contributed by atoms with E-state index in [9.17, 15) is 8.42 Å². The number of benzene rings is 1. The van der Waals surface area contributed by atoms with E-state index in [1.807, 2.05) is 11.8 Å². The second kappa shape index (κ2) is 8.57. The van der Waals surface area contributed by atoms with Gasteiger partial charge in [-0.25, -0.2) is 8.42 Å². The van der Waals surface area contributed by atoms with E-state index in [1.54, 1.807) is 22.5 Å². The van der Waals surface area contributed by atoms with Gasteiger partial charge in [-0.05, 0) is 24.3 Å². The van der Waals surface area contributed by atoms with Crippen molar-refractivity contribution in [3.63, 3.8) is 0 Å². The molecular formula is C18H26N2O5S2. The second-order valence-corrected chi connectivity index (χ2v) is 9.96. The van der Waals surface area contributed by atoms with E-state index in [1.165, 1.54) is 0 Å². The maximum absolute atomic E-state index is 13.5. The van der Waals surface area contributed by atoms with Gasteiger partial charge in [0.15, 0.2) is 11.5 Å². The molecule has 7 nitrogen and oxygen atoms in total. The summed E-state index contributed by atoms with van der Waals surface area (Å²) >= 11 is 1.84. The van der Waals surface area contributed by atoms with Gasteiger partial charge in [0, 0.05) is 44.0 Å². The third kappa shape index (κ3) is 4.37. The molecule has 1 aromatic rings. The van der Waals surface area contributed by atoms with Crippen LogP contribution in [-0.4, -0.2) is 87.8 Å². The summed E-state index contributed by atoms with van der Waals surface area (Å²) in [5, 5.41) is 0. The molecule has 2 fully saturated rings. The molecule has 1 atom stereocenters. The quantitative estimate of drug-likeness (QED) is 0.735. The summed E-state index contributed by atoms with van der Waals surface area (Å²) in [5.74, 6) is 2.93. The standard InChI is InChI=1S/C18H26N2O5S2/c21-27(22,16-2-3-17-18(12-16)25-10-9-24-17)20-4-1-11-26-14-15(20)13-19-5-7-23-8-6-19/h2-3,12,15H,1,4-11,13-14H2. The molecule has 2 saturated heterocycles. The molecular weight excluding hydrogens is 388 g/mol. The molecule has 0 spiro atoms. The largest absolute Gasteiger partial charge is 0.486 e. The Morgan fingerprint density at radius 2 is 1.81 bits per heavy atom. The lowest BCUT2D eigenvalue weighted by Crippen LogP contribution is -2.50. The number of rotatable bonds is 4. The number of ether oxygens (including phenoxy) is 3. The van der Waals surface area contributed by atoms with Gasteiger partial charge in [0.05, 0.1) is 18.1 Å². The van der Waals surface area contributed by atoms with Crippen molar-refractivity contribution in [2.24, 2.45) is 0 Å². The van der Waals surface area contributed by atoms with Crippen molar-refractivity contribution in [1.82, 2.24) is 9.21 Å². The van der Waals surface area contributed by atoms with Crippen molar-refractivity contribution in [1.29, 1.82) is 0 Å². The van der Waals surface area contributed by atoms with Crippen molar-refractivity contribution < 1.29 is 22.6 Å². The van der Waals surface area contributed by atoms with Gasteiger partial charge in [0.2, 0.25) is 10.0 Å². The van der Waals surface area contributed by atoms with Gasteiger partial charge in [0.25, 0.3) is 0 Å². The first-order chi connectivity index (χ1) is 13.1. The summed E-state index contributed by atoms with van der Waals surface area (Å²) in [7, 11) is -3.59. The molecule has 27 heavy (non-hydrogen) atoms. The summed E-state index contributed by atoms with van der Waals surface area (Å²) in [4.78, 5) is 2.59. The van der Waals surface area contributed by atoms with Gasteiger partial charge in [0.1, 0.15) is 13.2 Å². The molecule has 1 aromatic carbocycles. The fourth-order valence-corrected chi connectivity index (χ4v) is 6.49. The van der Waals surface area contributed by atoms with Crippen molar-refractivity contribution in [2.75, 3.05) is 64.1 Å². The minimum absolute atomic E-state index is 0.0335. The van der Waals surface area contributed by atoms with Gasteiger partial charge in [-0.2, -0.15) is 16.1 Å². The number of hydrogen-bond donors (Lipinski definition) is 0. The third-order valence-corrected chi connectivity index (χ3v) is 8.22. The van der Waals surface area contributed by atoms with Crippen LogP contribution in [0.1, 0.15) is 6.42 Å². The number of nitrogens with zero attached hydrogens (tertiary/aromatic N) is 2. The molecule has 1 unspecified atom stereocenters. The number of hydrogen-bond acceptors (Lipinski definition) is 7. The van der Waals surface area contributed by atoms with Crippen molar-refractivity contribution in [3.05, 3.63) is 18.2 Å². The molecule has 0 saturated carbocycles. The fourth-order valence-electron chi connectivity index (χ4n) is 3.67. The predicted octanol–water partition coefficient (Wildman–Crippen LogP) is 1.29. The van der Waals surface area contributed by atoms with Crippen LogP contribution in [0.15, 0.2) is 23.1 Å². The molecule has 3 aliphatic heterocycles. The molecule has 9 heteroatoms. The summed E-state index contributed by atoms with van der Waals surface area (Å²) in [5.41, 5.74) is 0. The Morgan fingerprint density at radius 1 is 1.04 bits per heavy atom. The summed E-state index contributed by atoms with van der Waals surface area (Å²) in [6, 6.07) is 4.90. The lowest BCUT2D eigenvalue weighted by Gasteiger charge is -2.35. The zero-order valence-corrected chi connectivity index (χ0v) is 17.0. The molecule has 3 aliphatic rings. The number of morpholine rings is 1. The lowest BCUT2D eigenvalue weighted by molar-refractivity contribution is 0.0309. The van der Waals surface area contributed by atoms with E-state index >= 15 is 0 Å².